The number of nitrogens with zero attached hydrogens (tertiary/aromatic N) is 4. The van der Waals surface area contributed by atoms with Crippen molar-refractivity contribution in [3.63, 3.8) is 0 Å². The molecule has 0 aromatic heterocycles. The Balaban J connectivity index is 1.77. The summed E-state index contributed by atoms with van der Waals surface area (Å²) in [6.07, 6.45) is 2.67. The van der Waals surface area contributed by atoms with E-state index < -0.39 is 0 Å². The molecule has 7 heteroatoms. The van der Waals surface area contributed by atoms with Crippen LogP contribution in [0.5, 0.6) is 11.5 Å². The van der Waals surface area contributed by atoms with Crippen molar-refractivity contribution in [2.45, 2.75) is 6.42 Å². The van der Waals surface area contributed by atoms with E-state index in [0.717, 1.165) is 50.6 Å². The van der Waals surface area contributed by atoms with Crippen molar-refractivity contribution in [3.05, 3.63) is 69.5 Å². The summed E-state index contributed by atoms with van der Waals surface area (Å²) in [6.45, 7) is 1.17. The largest absolute Gasteiger partial charge is 0.453 e. The minimum atomic E-state index is 0.469. The highest BCUT2D eigenvalue weighted by Gasteiger charge is 2.17. The van der Waals surface area contributed by atoms with Crippen LogP contribution in [0.4, 0.5) is 11.4 Å². The lowest BCUT2D eigenvalue weighted by Crippen LogP contribution is -2.16. The van der Waals surface area contributed by atoms with Crippen molar-refractivity contribution >= 4 is 28.3 Å². The zero-order chi connectivity index (χ0) is 19.3. The maximum atomic E-state index is 8.39. The molecule has 4 rings (SSSR count). The van der Waals surface area contributed by atoms with Crippen LogP contribution in [0.1, 0.15) is 6.42 Å². The second kappa shape index (κ2) is 7.90. The van der Waals surface area contributed by atoms with E-state index in [1.54, 1.807) is 0 Å². The lowest BCUT2D eigenvalue weighted by atomic mass is 10.0. The Morgan fingerprint density at radius 1 is 1.14 bits per heavy atom. The highest BCUT2D eigenvalue weighted by atomic mass is 16.5. The van der Waals surface area contributed by atoms with E-state index in [2.05, 4.69) is 32.8 Å². The average molecular weight is 372 g/mol. The van der Waals surface area contributed by atoms with E-state index >= 15 is 0 Å². The minimum absolute atomic E-state index is 0.469. The standard InChI is InChI=1S/C21H20N6O/c1-23-13-14-7-8-17-19(11-14)28-20-12-18(24-9-4-10-25-27-22)15-5-2-3-6-16(15)21(20)26-17/h2-3,5-8,11-13,23-24H,4,9-10H2,1H3/b14-13+. The first-order valence-corrected chi connectivity index (χ1v) is 9.15. The predicted molar refractivity (Wildman–Crippen MR) is 112 cm³/mol. The van der Waals surface area contributed by atoms with Crippen molar-refractivity contribution in [1.82, 2.24) is 5.32 Å². The summed E-state index contributed by atoms with van der Waals surface area (Å²) >= 11 is 0. The van der Waals surface area contributed by atoms with Gasteiger partial charge in [0.05, 0.1) is 0 Å². The fraction of sp³-hybridized carbons (Fsp3) is 0.190. The third-order valence-corrected chi connectivity index (χ3v) is 4.54. The maximum absolute atomic E-state index is 8.39. The molecular formula is C21H20N6O. The molecular weight excluding hydrogens is 352 g/mol. The Hall–Kier alpha value is -3.70. The molecule has 1 aliphatic rings. The summed E-state index contributed by atoms with van der Waals surface area (Å²) in [5.74, 6) is 1.46. The SMILES string of the molecule is CN/C=c1\ccc2c(c1)Oc1cc(NCCCN=[N+]=[N-])c3ccccc3c1N=2. The molecule has 0 saturated carbocycles. The molecule has 7 nitrogen and oxygen atoms in total. The lowest BCUT2D eigenvalue weighted by molar-refractivity contribution is 0.470. The maximum Gasteiger partial charge on any atom is 0.155 e. The molecule has 0 amide bonds. The topological polar surface area (TPSA) is 94.4 Å². The van der Waals surface area contributed by atoms with Gasteiger partial charge >= 0.3 is 0 Å². The summed E-state index contributed by atoms with van der Waals surface area (Å²) in [4.78, 5) is 7.65. The molecule has 0 aliphatic carbocycles. The van der Waals surface area contributed by atoms with Crippen LogP contribution >= 0.6 is 0 Å². The molecule has 1 aliphatic heterocycles. The molecule has 0 unspecified atom stereocenters. The van der Waals surface area contributed by atoms with E-state index in [0.29, 0.717) is 13.1 Å². The number of azide groups is 1. The molecule has 0 spiro atoms. The molecule has 3 aromatic carbocycles. The average Bonchev–Trinajstić information content (AvgIpc) is 2.72. The van der Waals surface area contributed by atoms with Crippen LogP contribution in [-0.2, 0) is 0 Å². The van der Waals surface area contributed by atoms with Gasteiger partial charge in [0.2, 0.25) is 0 Å². The van der Waals surface area contributed by atoms with Crippen molar-refractivity contribution < 1.29 is 4.74 Å². The van der Waals surface area contributed by atoms with Crippen molar-refractivity contribution in [3.8, 4) is 11.5 Å². The van der Waals surface area contributed by atoms with Crippen LogP contribution in [0.25, 0.3) is 27.4 Å². The molecule has 0 fully saturated rings. The van der Waals surface area contributed by atoms with E-state index in [-0.39, 0.29) is 0 Å². The van der Waals surface area contributed by atoms with Gasteiger partial charge in [-0.1, -0.05) is 35.4 Å². The van der Waals surface area contributed by atoms with Crippen molar-refractivity contribution in [1.29, 1.82) is 0 Å². The number of rotatable bonds is 6. The van der Waals surface area contributed by atoms with Crippen LogP contribution in [0, 0.1) is 0 Å². The van der Waals surface area contributed by atoms with Crippen LogP contribution in [-0.4, -0.2) is 20.1 Å². The first-order valence-electron chi connectivity index (χ1n) is 9.15. The van der Waals surface area contributed by atoms with E-state index in [1.807, 2.05) is 49.6 Å². The molecule has 140 valence electrons. The second-order valence-electron chi connectivity index (χ2n) is 6.43. The van der Waals surface area contributed by atoms with Gasteiger partial charge in [-0.15, -0.1) is 0 Å². The van der Waals surface area contributed by atoms with Gasteiger partial charge < -0.3 is 15.4 Å². The summed E-state index contributed by atoms with van der Waals surface area (Å²) < 4.78 is 6.21. The summed E-state index contributed by atoms with van der Waals surface area (Å²) in [6, 6.07) is 16.1. The van der Waals surface area contributed by atoms with Gasteiger partial charge in [0.15, 0.2) is 11.5 Å². The Morgan fingerprint density at radius 2 is 2.00 bits per heavy atom. The van der Waals surface area contributed by atoms with E-state index in [9.17, 15) is 0 Å². The minimum Gasteiger partial charge on any atom is -0.453 e. The van der Waals surface area contributed by atoms with Gasteiger partial charge in [-0.3, -0.25) is 0 Å². The highest BCUT2D eigenvalue weighted by molar-refractivity contribution is 6.03. The Morgan fingerprint density at radius 3 is 2.82 bits per heavy atom. The van der Waals surface area contributed by atoms with Crippen LogP contribution in [0.15, 0.2) is 58.6 Å². The predicted octanol–water partition coefficient (Wildman–Crippen LogP) is 3.97. The smallest absolute Gasteiger partial charge is 0.155 e. The van der Waals surface area contributed by atoms with Gasteiger partial charge in [-0.2, -0.15) is 0 Å². The summed E-state index contributed by atoms with van der Waals surface area (Å²) in [5, 5.41) is 14.0. The Kier molecular flexibility index (Phi) is 4.99. The molecule has 28 heavy (non-hydrogen) atoms. The number of anilines is 1. The normalized spacial score (nSPS) is 12.2. The van der Waals surface area contributed by atoms with Gasteiger partial charge in [0.1, 0.15) is 11.0 Å². The third kappa shape index (κ3) is 3.43. The van der Waals surface area contributed by atoms with Crippen LogP contribution in [0.3, 0.4) is 0 Å². The number of hydrogen-bond donors (Lipinski definition) is 2. The second-order valence-corrected chi connectivity index (χ2v) is 6.43. The summed E-state index contributed by atoms with van der Waals surface area (Å²) in [7, 11) is 1.87. The molecule has 2 N–H and O–H groups in total. The van der Waals surface area contributed by atoms with Gasteiger partial charge in [0, 0.05) is 53.8 Å². The summed E-state index contributed by atoms with van der Waals surface area (Å²) in [5.41, 5.74) is 10.2. The van der Waals surface area contributed by atoms with Gasteiger partial charge in [-0.25, -0.2) is 4.99 Å². The van der Waals surface area contributed by atoms with Crippen molar-refractivity contribution in [2.75, 3.05) is 25.5 Å². The monoisotopic (exact) mass is 372 g/mol. The zero-order valence-corrected chi connectivity index (χ0v) is 15.5. The molecule has 0 atom stereocenters. The number of hydrogen-bond acceptors (Lipinski definition) is 5. The fourth-order valence-electron chi connectivity index (χ4n) is 3.29. The number of nitrogens with one attached hydrogen (secondary N) is 2. The van der Waals surface area contributed by atoms with Gasteiger partial charge in [0.25, 0.3) is 0 Å². The zero-order valence-electron chi connectivity index (χ0n) is 15.5. The first kappa shape index (κ1) is 17.7. The van der Waals surface area contributed by atoms with Crippen LogP contribution in [0.2, 0.25) is 0 Å². The van der Waals surface area contributed by atoms with E-state index in [1.165, 1.54) is 0 Å². The molecule has 1 heterocycles. The highest BCUT2D eigenvalue weighted by Crippen LogP contribution is 2.43. The third-order valence-electron chi connectivity index (χ3n) is 4.54. The number of ether oxygens (including phenoxy) is 1. The Labute approximate surface area is 162 Å². The molecule has 0 saturated heterocycles. The fourth-order valence-corrected chi connectivity index (χ4v) is 3.29. The van der Waals surface area contributed by atoms with Gasteiger partial charge in [-0.05, 0) is 29.3 Å². The van der Waals surface area contributed by atoms with Crippen LogP contribution < -0.4 is 25.9 Å². The Bertz CT molecular complexity index is 1200. The van der Waals surface area contributed by atoms with Crippen molar-refractivity contribution in [2.24, 2.45) is 10.1 Å². The molecule has 0 radical (unpaired) electrons. The molecule has 3 aromatic rings. The quantitative estimate of drug-likeness (QED) is 0.232. The molecule has 0 bridgehead atoms. The first-order chi connectivity index (χ1) is 13.8. The van der Waals surface area contributed by atoms with E-state index in [4.69, 9.17) is 15.3 Å². The lowest BCUT2D eigenvalue weighted by Gasteiger charge is -2.19. The number of benzene rings is 3. The number of fused-ring (bicyclic) bond motifs is 4.